The Balaban J connectivity index is 1.83. The van der Waals surface area contributed by atoms with Crippen LogP contribution in [0.15, 0.2) is 51.9 Å². The summed E-state index contributed by atoms with van der Waals surface area (Å²) in [7, 11) is 0. The van der Waals surface area contributed by atoms with Crippen LogP contribution in [0.25, 0.3) is 0 Å². The number of carbonyl (C=O) groups is 1. The molecule has 0 saturated carbocycles. The standard InChI is InChI=1S/C20H24O5S/c1-3-4-10-26-15(2)20(22)25-13-17-11-18(21)19(14-23-17)24-12-16-8-6-5-7-9-16/h5-9,11,14-15H,3-4,10,12-13H2,1-2H3. The lowest BCUT2D eigenvalue weighted by atomic mass is 10.2. The molecule has 1 atom stereocenters. The van der Waals surface area contributed by atoms with Crippen molar-refractivity contribution < 1.29 is 18.7 Å². The van der Waals surface area contributed by atoms with Crippen LogP contribution in [0, 0.1) is 0 Å². The third kappa shape index (κ3) is 6.59. The van der Waals surface area contributed by atoms with Crippen molar-refractivity contribution in [3.8, 4) is 5.75 Å². The van der Waals surface area contributed by atoms with Crippen molar-refractivity contribution in [3.05, 3.63) is 64.2 Å². The zero-order valence-electron chi connectivity index (χ0n) is 15.1. The van der Waals surface area contributed by atoms with Gasteiger partial charge in [-0.05, 0) is 24.7 Å². The van der Waals surface area contributed by atoms with E-state index in [0.717, 1.165) is 24.2 Å². The van der Waals surface area contributed by atoms with Gasteiger partial charge >= 0.3 is 5.97 Å². The third-order valence-corrected chi connectivity index (χ3v) is 4.86. The van der Waals surface area contributed by atoms with Crippen molar-refractivity contribution in [1.82, 2.24) is 0 Å². The van der Waals surface area contributed by atoms with Gasteiger partial charge in [0, 0.05) is 6.07 Å². The van der Waals surface area contributed by atoms with E-state index < -0.39 is 0 Å². The average Bonchev–Trinajstić information content (AvgIpc) is 2.66. The van der Waals surface area contributed by atoms with Gasteiger partial charge in [0.15, 0.2) is 0 Å². The molecule has 0 aliphatic heterocycles. The molecule has 140 valence electrons. The molecule has 1 heterocycles. The lowest BCUT2D eigenvalue weighted by molar-refractivity contribution is -0.144. The zero-order chi connectivity index (χ0) is 18.8. The molecule has 1 unspecified atom stereocenters. The summed E-state index contributed by atoms with van der Waals surface area (Å²) >= 11 is 1.57. The summed E-state index contributed by atoms with van der Waals surface area (Å²) in [6.45, 7) is 4.15. The van der Waals surface area contributed by atoms with Crippen LogP contribution in [0.2, 0.25) is 0 Å². The quantitative estimate of drug-likeness (QED) is 0.458. The van der Waals surface area contributed by atoms with Crippen molar-refractivity contribution in [3.63, 3.8) is 0 Å². The van der Waals surface area contributed by atoms with Crippen LogP contribution in [0.5, 0.6) is 5.75 Å². The molecule has 0 spiro atoms. The predicted octanol–water partition coefficient (Wildman–Crippen LogP) is 4.18. The Kier molecular flexibility index (Phi) is 8.28. The molecule has 0 amide bonds. The highest BCUT2D eigenvalue weighted by Gasteiger charge is 2.15. The number of hydrogen-bond donors (Lipinski definition) is 0. The van der Waals surface area contributed by atoms with E-state index in [1.807, 2.05) is 37.3 Å². The average molecular weight is 376 g/mol. The van der Waals surface area contributed by atoms with Gasteiger partial charge in [-0.3, -0.25) is 9.59 Å². The second kappa shape index (κ2) is 10.7. The van der Waals surface area contributed by atoms with Gasteiger partial charge < -0.3 is 13.9 Å². The SMILES string of the molecule is CCCCSC(C)C(=O)OCc1cc(=O)c(OCc2ccccc2)co1. The number of esters is 1. The molecule has 26 heavy (non-hydrogen) atoms. The molecular weight excluding hydrogens is 352 g/mol. The van der Waals surface area contributed by atoms with Gasteiger partial charge in [-0.1, -0.05) is 43.7 Å². The van der Waals surface area contributed by atoms with Crippen LogP contribution in [0.4, 0.5) is 0 Å². The number of thioether (sulfide) groups is 1. The van der Waals surface area contributed by atoms with Crippen LogP contribution in [0.3, 0.4) is 0 Å². The third-order valence-electron chi connectivity index (χ3n) is 3.64. The van der Waals surface area contributed by atoms with Gasteiger partial charge in [-0.25, -0.2) is 0 Å². The molecular formula is C20H24O5S. The normalized spacial score (nSPS) is 11.8. The van der Waals surface area contributed by atoms with E-state index in [-0.39, 0.29) is 35.6 Å². The molecule has 0 aliphatic rings. The summed E-state index contributed by atoms with van der Waals surface area (Å²) in [6.07, 6.45) is 3.42. The van der Waals surface area contributed by atoms with Gasteiger partial charge in [-0.2, -0.15) is 0 Å². The number of hydrogen-bond acceptors (Lipinski definition) is 6. The summed E-state index contributed by atoms with van der Waals surface area (Å²) in [5, 5.41) is -0.234. The van der Waals surface area contributed by atoms with E-state index >= 15 is 0 Å². The minimum atomic E-state index is -0.307. The number of carbonyl (C=O) groups excluding carboxylic acids is 1. The number of ether oxygens (including phenoxy) is 2. The highest BCUT2D eigenvalue weighted by molar-refractivity contribution is 8.00. The Hall–Kier alpha value is -2.21. The molecule has 0 bridgehead atoms. The van der Waals surface area contributed by atoms with Crippen molar-refractivity contribution >= 4 is 17.7 Å². The lowest BCUT2D eigenvalue weighted by Gasteiger charge is -2.11. The van der Waals surface area contributed by atoms with Crippen LogP contribution in [-0.2, 0) is 22.7 Å². The Labute approximate surface area is 157 Å². The molecule has 6 heteroatoms. The van der Waals surface area contributed by atoms with Crippen LogP contribution in [-0.4, -0.2) is 17.0 Å². The van der Waals surface area contributed by atoms with Gasteiger partial charge in [-0.15, -0.1) is 11.8 Å². The molecule has 0 N–H and O–H groups in total. The summed E-state index contributed by atoms with van der Waals surface area (Å²) in [4.78, 5) is 24.0. The first kappa shape index (κ1) is 20.1. The highest BCUT2D eigenvalue weighted by atomic mass is 32.2. The summed E-state index contributed by atoms with van der Waals surface area (Å²) in [5.41, 5.74) is 0.656. The topological polar surface area (TPSA) is 65.7 Å². The van der Waals surface area contributed by atoms with Gasteiger partial charge in [0.1, 0.15) is 25.2 Å². The number of rotatable bonds is 10. The Morgan fingerprint density at radius 3 is 2.69 bits per heavy atom. The molecule has 2 rings (SSSR count). The molecule has 5 nitrogen and oxygen atoms in total. The van der Waals surface area contributed by atoms with E-state index in [2.05, 4.69) is 6.92 Å². The fraction of sp³-hybridized carbons (Fsp3) is 0.400. The second-order valence-electron chi connectivity index (χ2n) is 5.82. The maximum absolute atomic E-state index is 12.1. The summed E-state index contributed by atoms with van der Waals surface area (Å²) in [6, 6.07) is 10.8. The van der Waals surface area contributed by atoms with Crippen molar-refractivity contribution in [2.45, 2.75) is 45.2 Å². The fourth-order valence-corrected chi connectivity index (χ4v) is 3.10. The first-order valence-corrected chi connectivity index (χ1v) is 9.71. The Morgan fingerprint density at radius 1 is 1.23 bits per heavy atom. The predicted molar refractivity (Wildman–Crippen MR) is 102 cm³/mol. The van der Waals surface area contributed by atoms with Crippen molar-refractivity contribution in [1.29, 1.82) is 0 Å². The summed E-state index contributed by atoms with van der Waals surface area (Å²) < 4.78 is 16.0. The first-order valence-electron chi connectivity index (χ1n) is 8.66. The zero-order valence-corrected chi connectivity index (χ0v) is 15.9. The maximum atomic E-state index is 12.1. The summed E-state index contributed by atoms with van der Waals surface area (Å²) in [5.74, 6) is 1.04. The van der Waals surface area contributed by atoms with Gasteiger partial charge in [0.25, 0.3) is 0 Å². The monoisotopic (exact) mass is 376 g/mol. The molecule has 1 aromatic carbocycles. The van der Waals surface area contributed by atoms with Gasteiger partial charge in [0.05, 0.1) is 5.25 Å². The van der Waals surface area contributed by atoms with E-state index in [9.17, 15) is 9.59 Å². The smallest absolute Gasteiger partial charge is 0.319 e. The second-order valence-corrected chi connectivity index (χ2v) is 7.27. The van der Waals surface area contributed by atoms with E-state index in [1.165, 1.54) is 12.3 Å². The van der Waals surface area contributed by atoms with E-state index in [0.29, 0.717) is 5.76 Å². The van der Waals surface area contributed by atoms with Crippen LogP contribution < -0.4 is 10.2 Å². The molecule has 0 radical (unpaired) electrons. The molecule has 0 saturated heterocycles. The maximum Gasteiger partial charge on any atom is 0.319 e. The van der Waals surface area contributed by atoms with Crippen LogP contribution >= 0.6 is 11.8 Å². The first-order chi connectivity index (χ1) is 12.6. The molecule has 0 fully saturated rings. The fourth-order valence-electron chi connectivity index (χ4n) is 2.09. The van der Waals surface area contributed by atoms with E-state index in [4.69, 9.17) is 13.9 Å². The molecule has 0 aliphatic carbocycles. The number of benzene rings is 1. The highest BCUT2D eigenvalue weighted by Crippen LogP contribution is 2.15. The minimum Gasteiger partial charge on any atom is -0.482 e. The van der Waals surface area contributed by atoms with Gasteiger partial charge in [0.2, 0.25) is 11.2 Å². The molecule has 2 aromatic rings. The molecule has 1 aromatic heterocycles. The largest absolute Gasteiger partial charge is 0.482 e. The lowest BCUT2D eigenvalue weighted by Crippen LogP contribution is -2.18. The van der Waals surface area contributed by atoms with Crippen molar-refractivity contribution in [2.24, 2.45) is 0 Å². The van der Waals surface area contributed by atoms with Crippen molar-refractivity contribution in [2.75, 3.05) is 5.75 Å². The van der Waals surface area contributed by atoms with E-state index in [1.54, 1.807) is 11.8 Å². The Morgan fingerprint density at radius 2 is 2.00 bits per heavy atom. The Bertz CT molecular complexity index is 741. The van der Waals surface area contributed by atoms with Crippen LogP contribution in [0.1, 0.15) is 38.0 Å². The minimum absolute atomic E-state index is 0.0638. The number of unbranched alkanes of at least 4 members (excludes halogenated alkanes) is 1.